The van der Waals surface area contributed by atoms with Crippen LogP contribution in [0.1, 0.15) is 19.8 Å². The number of carbonyl (C=O) groups excluding carboxylic acids is 2. The van der Waals surface area contributed by atoms with Crippen LogP contribution in [0.2, 0.25) is 0 Å². The van der Waals surface area contributed by atoms with E-state index in [9.17, 15) is 9.59 Å². The molecule has 2 heterocycles. The number of likely N-dealkylation sites (tertiary alicyclic amines) is 1. The van der Waals surface area contributed by atoms with Gasteiger partial charge in [0.15, 0.2) is 0 Å². The van der Waals surface area contributed by atoms with Crippen LogP contribution in [0.25, 0.3) is 0 Å². The van der Waals surface area contributed by atoms with Crippen molar-refractivity contribution in [2.75, 3.05) is 65.6 Å². The number of piperazine rings is 1. The van der Waals surface area contributed by atoms with Gasteiger partial charge in [0, 0.05) is 45.8 Å². The SMILES string of the molecule is CCOC(=O)C1CCN(C(=O)CN2CCN(CCOc3ccccc3)CC2)CC1. The molecule has 0 aromatic heterocycles. The van der Waals surface area contributed by atoms with Crippen molar-refractivity contribution in [3.8, 4) is 5.75 Å². The van der Waals surface area contributed by atoms with E-state index < -0.39 is 0 Å². The average molecular weight is 404 g/mol. The van der Waals surface area contributed by atoms with E-state index in [2.05, 4.69) is 9.80 Å². The van der Waals surface area contributed by atoms with E-state index in [0.717, 1.165) is 38.5 Å². The zero-order valence-electron chi connectivity index (χ0n) is 17.4. The first kappa shape index (κ1) is 21.6. The number of benzene rings is 1. The van der Waals surface area contributed by atoms with Crippen molar-refractivity contribution in [2.24, 2.45) is 5.92 Å². The number of hydrogen-bond acceptors (Lipinski definition) is 6. The van der Waals surface area contributed by atoms with Gasteiger partial charge < -0.3 is 14.4 Å². The van der Waals surface area contributed by atoms with Gasteiger partial charge in [-0.2, -0.15) is 0 Å². The van der Waals surface area contributed by atoms with Crippen molar-refractivity contribution in [1.82, 2.24) is 14.7 Å². The van der Waals surface area contributed by atoms with Gasteiger partial charge in [-0.15, -0.1) is 0 Å². The van der Waals surface area contributed by atoms with Crippen LogP contribution in [0.3, 0.4) is 0 Å². The van der Waals surface area contributed by atoms with E-state index in [-0.39, 0.29) is 17.8 Å². The molecule has 0 radical (unpaired) electrons. The van der Waals surface area contributed by atoms with Gasteiger partial charge in [-0.1, -0.05) is 18.2 Å². The second-order valence-corrected chi connectivity index (χ2v) is 7.69. The Labute approximate surface area is 173 Å². The molecule has 2 aliphatic rings. The van der Waals surface area contributed by atoms with Crippen LogP contribution in [0.15, 0.2) is 30.3 Å². The Kier molecular flexibility index (Phi) is 8.31. The van der Waals surface area contributed by atoms with Crippen LogP contribution in [-0.4, -0.2) is 92.1 Å². The Hall–Kier alpha value is -2.12. The summed E-state index contributed by atoms with van der Waals surface area (Å²) < 4.78 is 10.9. The largest absolute Gasteiger partial charge is 0.492 e. The molecule has 1 aromatic carbocycles. The molecule has 3 rings (SSSR count). The zero-order valence-corrected chi connectivity index (χ0v) is 17.4. The molecule has 29 heavy (non-hydrogen) atoms. The second-order valence-electron chi connectivity index (χ2n) is 7.69. The summed E-state index contributed by atoms with van der Waals surface area (Å²) in [6, 6.07) is 9.88. The summed E-state index contributed by atoms with van der Waals surface area (Å²) in [4.78, 5) is 31.0. The van der Waals surface area contributed by atoms with E-state index in [4.69, 9.17) is 9.47 Å². The molecule has 7 heteroatoms. The van der Waals surface area contributed by atoms with E-state index >= 15 is 0 Å². The molecule has 2 saturated heterocycles. The van der Waals surface area contributed by atoms with Gasteiger partial charge in [-0.05, 0) is 31.9 Å². The normalized spacial score (nSPS) is 19.1. The average Bonchev–Trinajstić information content (AvgIpc) is 2.76. The van der Waals surface area contributed by atoms with E-state index in [1.807, 2.05) is 42.2 Å². The number of ether oxygens (including phenoxy) is 2. The van der Waals surface area contributed by atoms with E-state index in [0.29, 0.717) is 45.7 Å². The number of rotatable bonds is 8. The van der Waals surface area contributed by atoms with Crippen LogP contribution < -0.4 is 4.74 Å². The molecular weight excluding hydrogens is 370 g/mol. The highest BCUT2D eigenvalue weighted by atomic mass is 16.5. The second kappa shape index (κ2) is 11.2. The molecule has 0 unspecified atom stereocenters. The van der Waals surface area contributed by atoms with Crippen molar-refractivity contribution in [3.05, 3.63) is 30.3 Å². The minimum Gasteiger partial charge on any atom is -0.492 e. The summed E-state index contributed by atoms with van der Waals surface area (Å²) in [6.45, 7) is 9.31. The highest BCUT2D eigenvalue weighted by molar-refractivity contribution is 5.79. The third kappa shape index (κ3) is 6.72. The first-order valence-electron chi connectivity index (χ1n) is 10.7. The molecule has 0 aliphatic carbocycles. The molecule has 0 N–H and O–H groups in total. The van der Waals surface area contributed by atoms with Gasteiger partial charge in [-0.3, -0.25) is 19.4 Å². The third-order valence-electron chi connectivity index (χ3n) is 5.71. The van der Waals surface area contributed by atoms with Crippen molar-refractivity contribution in [2.45, 2.75) is 19.8 Å². The first-order valence-corrected chi connectivity index (χ1v) is 10.7. The molecule has 7 nitrogen and oxygen atoms in total. The van der Waals surface area contributed by atoms with Crippen LogP contribution in [0.5, 0.6) is 5.75 Å². The molecular formula is C22H33N3O4. The molecule has 0 atom stereocenters. The summed E-state index contributed by atoms with van der Waals surface area (Å²) >= 11 is 0. The van der Waals surface area contributed by atoms with Crippen molar-refractivity contribution in [3.63, 3.8) is 0 Å². The summed E-state index contributed by atoms with van der Waals surface area (Å²) in [6.07, 6.45) is 1.42. The van der Waals surface area contributed by atoms with E-state index in [1.54, 1.807) is 0 Å². The smallest absolute Gasteiger partial charge is 0.309 e. The number of piperidine rings is 1. The Morgan fingerprint density at radius 1 is 0.966 bits per heavy atom. The van der Waals surface area contributed by atoms with Crippen molar-refractivity contribution >= 4 is 11.9 Å². The quantitative estimate of drug-likeness (QED) is 0.613. The number of carbonyl (C=O) groups is 2. The number of esters is 1. The zero-order chi connectivity index (χ0) is 20.5. The predicted molar refractivity (Wildman–Crippen MR) is 111 cm³/mol. The maximum Gasteiger partial charge on any atom is 0.309 e. The molecule has 160 valence electrons. The molecule has 1 amide bonds. The minimum atomic E-state index is -0.119. The standard InChI is InChI=1S/C22H33N3O4/c1-2-28-22(27)19-8-10-25(11-9-19)21(26)18-24-14-12-23(13-15-24)16-17-29-20-6-4-3-5-7-20/h3-7,19H,2,8-18H2,1H3. The lowest BCUT2D eigenvalue weighted by Gasteiger charge is -2.36. The van der Waals surface area contributed by atoms with Crippen LogP contribution in [-0.2, 0) is 14.3 Å². The van der Waals surface area contributed by atoms with Crippen molar-refractivity contribution < 1.29 is 19.1 Å². The fraction of sp³-hybridized carbons (Fsp3) is 0.636. The molecule has 0 saturated carbocycles. The maximum absolute atomic E-state index is 12.6. The lowest BCUT2D eigenvalue weighted by Crippen LogP contribution is -2.51. The van der Waals surface area contributed by atoms with E-state index in [1.165, 1.54) is 0 Å². The van der Waals surface area contributed by atoms with Crippen molar-refractivity contribution in [1.29, 1.82) is 0 Å². The fourth-order valence-corrected chi connectivity index (χ4v) is 3.90. The first-order chi connectivity index (χ1) is 14.2. The molecule has 2 fully saturated rings. The number of amides is 1. The van der Waals surface area contributed by atoms with Crippen LogP contribution in [0.4, 0.5) is 0 Å². The van der Waals surface area contributed by atoms with Gasteiger partial charge >= 0.3 is 5.97 Å². The third-order valence-corrected chi connectivity index (χ3v) is 5.71. The van der Waals surface area contributed by atoms with Gasteiger partial charge in [0.05, 0.1) is 19.1 Å². The fourth-order valence-electron chi connectivity index (χ4n) is 3.90. The molecule has 2 aliphatic heterocycles. The molecule has 1 aromatic rings. The monoisotopic (exact) mass is 403 g/mol. The lowest BCUT2D eigenvalue weighted by molar-refractivity contribution is -0.151. The number of hydrogen-bond donors (Lipinski definition) is 0. The Balaban J connectivity index is 1.30. The minimum absolute atomic E-state index is 0.0550. The summed E-state index contributed by atoms with van der Waals surface area (Å²) in [5.74, 6) is 0.907. The molecule has 0 bridgehead atoms. The maximum atomic E-state index is 12.6. The van der Waals surface area contributed by atoms with Gasteiger partial charge in [0.2, 0.25) is 5.91 Å². The summed E-state index contributed by atoms with van der Waals surface area (Å²) in [5, 5.41) is 0. The van der Waals surface area contributed by atoms with Gasteiger partial charge in [-0.25, -0.2) is 0 Å². The van der Waals surface area contributed by atoms with Gasteiger partial charge in [0.1, 0.15) is 12.4 Å². The van der Waals surface area contributed by atoms with Crippen LogP contribution >= 0.6 is 0 Å². The summed E-state index contributed by atoms with van der Waals surface area (Å²) in [5.41, 5.74) is 0. The Bertz CT molecular complexity index is 639. The van der Waals surface area contributed by atoms with Crippen LogP contribution in [0, 0.1) is 5.92 Å². The predicted octanol–water partition coefficient (Wildman–Crippen LogP) is 1.48. The molecule has 0 spiro atoms. The highest BCUT2D eigenvalue weighted by Gasteiger charge is 2.29. The number of nitrogens with zero attached hydrogens (tertiary/aromatic N) is 3. The Morgan fingerprint density at radius 3 is 2.28 bits per heavy atom. The topological polar surface area (TPSA) is 62.3 Å². The number of para-hydroxylation sites is 1. The Morgan fingerprint density at radius 2 is 1.62 bits per heavy atom. The highest BCUT2D eigenvalue weighted by Crippen LogP contribution is 2.19. The van der Waals surface area contributed by atoms with Gasteiger partial charge in [0.25, 0.3) is 0 Å². The lowest BCUT2D eigenvalue weighted by atomic mass is 9.97. The summed E-state index contributed by atoms with van der Waals surface area (Å²) in [7, 11) is 0.